The third kappa shape index (κ3) is 2.02. The fourth-order valence-electron chi connectivity index (χ4n) is 2.70. The number of rotatable bonds is 2. The number of piperidine rings is 1. The van der Waals surface area contributed by atoms with E-state index < -0.39 is 23.8 Å². The monoisotopic (exact) mass is 300 g/mol. The molecule has 112 valence electrons. The highest BCUT2D eigenvalue weighted by molar-refractivity contribution is 6.23. The van der Waals surface area contributed by atoms with Crippen LogP contribution in [-0.2, 0) is 9.59 Å². The molecule has 1 unspecified atom stereocenters. The van der Waals surface area contributed by atoms with Crippen molar-refractivity contribution in [1.29, 1.82) is 0 Å². The highest BCUT2D eigenvalue weighted by Gasteiger charge is 2.44. The van der Waals surface area contributed by atoms with Crippen LogP contribution in [0.3, 0.4) is 0 Å². The van der Waals surface area contributed by atoms with Gasteiger partial charge in [0.15, 0.2) is 0 Å². The Morgan fingerprint density at radius 3 is 2.50 bits per heavy atom. The second-order valence-corrected chi connectivity index (χ2v) is 5.38. The zero-order chi connectivity index (χ0) is 16.0. The summed E-state index contributed by atoms with van der Waals surface area (Å²) in [6, 6.07) is 3.88. The first-order valence-electron chi connectivity index (χ1n) is 6.80. The molecule has 0 spiro atoms. The van der Waals surface area contributed by atoms with Gasteiger partial charge in [0.2, 0.25) is 17.5 Å². The molecule has 0 aromatic heterocycles. The summed E-state index contributed by atoms with van der Waals surface area (Å²) in [6.45, 7) is 3.73. The summed E-state index contributed by atoms with van der Waals surface area (Å²) in [5.41, 5.74) is 1.20. The molecule has 1 aromatic carbocycles. The molecule has 1 N–H and O–H groups in total. The van der Waals surface area contributed by atoms with Gasteiger partial charge in [-0.1, -0.05) is 0 Å². The van der Waals surface area contributed by atoms with Gasteiger partial charge in [0.25, 0.3) is 11.8 Å². The van der Waals surface area contributed by atoms with Crippen LogP contribution in [0.25, 0.3) is 0 Å². The van der Waals surface area contributed by atoms with E-state index in [1.165, 1.54) is 0 Å². The molecule has 2 aliphatic rings. The fraction of sp³-hybridized carbons (Fsp3) is 0.267. The van der Waals surface area contributed by atoms with Gasteiger partial charge in [-0.15, -0.1) is 0 Å². The largest absolute Gasteiger partial charge is 0.295 e. The Morgan fingerprint density at radius 2 is 1.86 bits per heavy atom. The molecule has 1 aromatic rings. The van der Waals surface area contributed by atoms with Gasteiger partial charge in [-0.2, -0.15) is 0 Å². The summed E-state index contributed by atoms with van der Waals surface area (Å²) in [4.78, 5) is 49.0. The smallest absolute Gasteiger partial charge is 0.262 e. The van der Waals surface area contributed by atoms with Gasteiger partial charge >= 0.3 is 0 Å². The second kappa shape index (κ2) is 4.87. The van der Waals surface area contributed by atoms with Crippen molar-refractivity contribution >= 4 is 36.0 Å². The third-order valence-electron chi connectivity index (χ3n) is 3.86. The molecule has 4 amide bonds. The van der Waals surface area contributed by atoms with E-state index in [-0.39, 0.29) is 29.9 Å². The maximum absolute atomic E-state index is 12.5. The Morgan fingerprint density at radius 1 is 1.18 bits per heavy atom. The van der Waals surface area contributed by atoms with Crippen molar-refractivity contribution in [2.45, 2.75) is 18.9 Å². The maximum Gasteiger partial charge on any atom is 0.262 e. The van der Waals surface area contributed by atoms with Gasteiger partial charge in [0, 0.05) is 18.6 Å². The van der Waals surface area contributed by atoms with Crippen molar-refractivity contribution in [3.05, 3.63) is 29.3 Å². The van der Waals surface area contributed by atoms with Crippen LogP contribution < -0.4 is 5.32 Å². The average Bonchev–Trinajstić information content (AvgIpc) is 2.71. The van der Waals surface area contributed by atoms with Crippen molar-refractivity contribution < 1.29 is 23.8 Å². The predicted octanol–water partition coefficient (Wildman–Crippen LogP) is 0.0622. The zero-order valence-electron chi connectivity index (χ0n) is 12.0. The highest BCUT2D eigenvalue weighted by atomic mass is 16.2. The average molecular weight is 300 g/mol. The lowest BCUT2D eigenvalue weighted by Gasteiger charge is -2.27. The molecule has 2 heterocycles. The molecule has 3 rings (SSSR count). The third-order valence-corrected chi connectivity index (χ3v) is 3.86. The van der Waals surface area contributed by atoms with Crippen LogP contribution in [-0.4, -0.2) is 52.9 Å². The van der Waals surface area contributed by atoms with Gasteiger partial charge in [0.05, 0.1) is 11.1 Å². The van der Waals surface area contributed by atoms with Crippen molar-refractivity contribution in [2.24, 2.45) is 0 Å². The van der Waals surface area contributed by atoms with Crippen LogP contribution in [0.15, 0.2) is 18.2 Å². The maximum atomic E-state index is 12.5. The number of hydrogen-bond acceptors (Lipinski definition) is 4. The summed E-state index contributed by atoms with van der Waals surface area (Å²) in [5.74, 6) is -2.02. The molecule has 1 atom stereocenters. The number of imide groups is 2. The Balaban J connectivity index is 1.98. The SMILES string of the molecule is C=[N+](C)c1ccc2c(c1)C(=O)N(C1CCC(=O)NC1=O)C2=O. The van der Waals surface area contributed by atoms with Crippen LogP contribution in [0.5, 0.6) is 0 Å². The summed E-state index contributed by atoms with van der Waals surface area (Å²) < 4.78 is 1.58. The molecule has 1 fully saturated rings. The quantitative estimate of drug-likeness (QED) is 0.475. The van der Waals surface area contributed by atoms with Crippen molar-refractivity contribution in [3.8, 4) is 0 Å². The Hall–Kier alpha value is -2.83. The van der Waals surface area contributed by atoms with E-state index in [2.05, 4.69) is 12.0 Å². The number of fused-ring (bicyclic) bond motifs is 1. The van der Waals surface area contributed by atoms with Crippen LogP contribution in [0.2, 0.25) is 0 Å². The van der Waals surface area contributed by atoms with Crippen LogP contribution >= 0.6 is 0 Å². The van der Waals surface area contributed by atoms with Gasteiger partial charge in [0.1, 0.15) is 19.8 Å². The minimum atomic E-state index is -0.939. The lowest BCUT2D eigenvalue weighted by Crippen LogP contribution is -2.54. The van der Waals surface area contributed by atoms with Crippen molar-refractivity contribution in [1.82, 2.24) is 10.2 Å². The Kier molecular flexibility index (Phi) is 3.13. The van der Waals surface area contributed by atoms with E-state index in [4.69, 9.17) is 0 Å². The molecule has 0 saturated carbocycles. The van der Waals surface area contributed by atoms with Crippen LogP contribution in [0.4, 0.5) is 5.69 Å². The van der Waals surface area contributed by atoms with Crippen molar-refractivity contribution in [3.63, 3.8) is 0 Å². The van der Waals surface area contributed by atoms with E-state index in [0.717, 1.165) is 4.90 Å². The number of amides is 4. The van der Waals surface area contributed by atoms with E-state index in [1.54, 1.807) is 29.8 Å². The van der Waals surface area contributed by atoms with Crippen LogP contribution in [0.1, 0.15) is 33.6 Å². The molecule has 7 heteroatoms. The molecule has 7 nitrogen and oxygen atoms in total. The zero-order valence-corrected chi connectivity index (χ0v) is 12.0. The number of benzene rings is 1. The summed E-state index contributed by atoms with van der Waals surface area (Å²) >= 11 is 0. The molecule has 1 saturated heterocycles. The molecule has 0 radical (unpaired) electrons. The number of carbonyl (C=O) groups is 4. The van der Waals surface area contributed by atoms with E-state index >= 15 is 0 Å². The Bertz CT molecular complexity index is 753. The first kappa shape index (κ1) is 14.1. The lowest BCUT2D eigenvalue weighted by molar-refractivity contribution is -0.394. The van der Waals surface area contributed by atoms with E-state index in [0.29, 0.717) is 5.69 Å². The fourth-order valence-corrected chi connectivity index (χ4v) is 2.70. The molecule has 22 heavy (non-hydrogen) atoms. The Labute approximate surface area is 126 Å². The van der Waals surface area contributed by atoms with Crippen LogP contribution in [0, 0.1) is 0 Å². The number of nitrogens with one attached hydrogen (secondary N) is 1. The predicted molar refractivity (Wildman–Crippen MR) is 76.1 cm³/mol. The first-order valence-corrected chi connectivity index (χ1v) is 6.80. The molecule has 0 bridgehead atoms. The molecular weight excluding hydrogens is 286 g/mol. The number of nitrogens with zero attached hydrogens (tertiary/aromatic N) is 2. The topological polar surface area (TPSA) is 86.6 Å². The van der Waals surface area contributed by atoms with Gasteiger partial charge < -0.3 is 0 Å². The first-order chi connectivity index (χ1) is 10.4. The standard InChI is InChI=1S/C15H13N3O4/c1-17(2)8-3-4-9-10(7-8)15(22)18(14(9)21)11-5-6-12(19)16-13(11)20/h3-4,7,11H,1,5-6H2,2H3/p+1. The molecule has 2 aliphatic heterocycles. The summed E-state index contributed by atoms with van der Waals surface area (Å²) in [6.07, 6.45) is 0.259. The number of hydrogen-bond donors (Lipinski definition) is 1. The van der Waals surface area contributed by atoms with Gasteiger partial charge in [-0.3, -0.25) is 29.4 Å². The highest BCUT2D eigenvalue weighted by Crippen LogP contribution is 2.29. The summed E-state index contributed by atoms with van der Waals surface area (Å²) in [7, 11) is 1.72. The lowest BCUT2D eigenvalue weighted by atomic mass is 10.0. The van der Waals surface area contributed by atoms with Crippen molar-refractivity contribution in [2.75, 3.05) is 7.05 Å². The van der Waals surface area contributed by atoms with E-state index in [1.807, 2.05) is 0 Å². The summed E-state index contributed by atoms with van der Waals surface area (Å²) in [5, 5.41) is 2.16. The van der Waals surface area contributed by atoms with Gasteiger partial charge in [-0.25, -0.2) is 4.58 Å². The van der Waals surface area contributed by atoms with Gasteiger partial charge in [-0.05, 0) is 12.5 Å². The second-order valence-electron chi connectivity index (χ2n) is 5.38. The molecule has 0 aliphatic carbocycles. The minimum Gasteiger partial charge on any atom is -0.295 e. The number of carbonyl (C=O) groups excluding carboxylic acids is 4. The normalized spacial score (nSPS) is 21.0. The van der Waals surface area contributed by atoms with E-state index in [9.17, 15) is 19.2 Å². The minimum absolute atomic E-state index is 0.108. The molecular formula is C15H14N3O4+.